The Balaban J connectivity index is 0.000000212. The number of hydrogen-bond donors (Lipinski definition) is 0. The number of hydrogen-bond acceptors (Lipinski definition) is 3. The average Bonchev–Trinajstić information content (AvgIpc) is 2.89. The molecule has 0 bridgehead atoms. The number of ether oxygens (including phenoxy) is 1. The summed E-state index contributed by atoms with van der Waals surface area (Å²) in [6.45, 7) is 2.58. The van der Waals surface area contributed by atoms with Gasteiger partial charge in [0.2, 0.25) is 0 Å². The van der Waals surface area contributed by atoms with E-state index < -0.39 is 0 Å². The van der Waals surface area contributed by atoms with Crippen molar-refractivity contribution < 1.29 is 9.53 Å². The van der Waals surface area contributed by atoms with Crippen LogP contribution in [-0.4, -0.2) is 12.9 Å². The molecule has 0 saturated carbocycles. The third kappa shape index (κ3) is 4.75. The molecule has 0 unspecified atom stereocenters. The van der Waals surface area contributed by atoms with Crippen molar-refractivity contribution in [3.05, 3.63) is 52.7 Å². The minimum Gasteiger partial charge on any atom is -0.494 e. The van der Waals surface area contributed by atoms with Gasteiger partial charge in [-0.3, -0.25) is 4.79 Å². The quantitative estimate of drug-likeness (QED) is 0.758. The molecule has 0 aliphatic carbocycles. The highest BCUT2D eigenvalue weighted by Gasteiger charge is 1.91. The number of rotatable bonds is 3. The van der Waals surface area contributed by atoms with Crippen LogP contribution in [0.25, 0.3) is 0 Å². The van der Waals surface area contributed by atoms with Crippen LogP contribution in [0.5, 0.6) is 5.75 Å². The molecule has 1 aromatic heterocycles. The van der Waals surface area contributed by atoms with Gasteiger partial charge in [-0.15, -0.1) is 0 Å². The molecule has 84 valence electrons. The fourth-order valence-corrected chi connectivity index (χ4v) is 1.49. The average molecular weight is 234 g/mol. The summed E-state index contributed by atoms with van der Waals surface area (Å²) in [7, 11) is 0. The van der Waals surface area contributed by atoms with Crippen molar-refractivity contribution in [2.45, 2.75) is 6.92 Å². The minimum atomic E-state index is 0.653. The zero-order valence-electron chi connectivity index (χ0n) is 9.13. The Bertz CT molecular complexity index is 362. The number of aldehydes is 1. The molecule has 0 fully saturated rings. The Kier molecular flexibility index (Phi) is 5.96. The van der Waals surface area contributed by atoms with Crippen molar-refractivity contribution in [1.29, 1.82) is 0 Å². The van der Waals surface area contributed by atoms with Gasteiger partial charge in [0, 0.05) is 5.56 Å². The highest BCUT2D eigenvalue weighted by molar-refractivity contribution is 7.07. The highest BCUT2D eigenvalue weighted by atomic mass is 32.1. The summed E-state index contributed by atoms with van der Waals surface area (Å²) in [4.78, 5) is 10.2. The zero-order chi connectivity index (χ0) is 11.6. The van der Waals surface area contributed by atoms with Gasteiger partial charge >= 0.3 is 0 Å². The van der Waals surface area contributed by atoms with Gasteiger partial charge in [-0.2, -0.15) is 11.3 Å². The van der Waals surface area contributed by atoms with Crippen LogP contribution < -0.4 is 4.74 Å². The summed E-state index contributed by atoms with van der Waals surface area (Å²) in [5.41, 5.74) is 0.674. The summed E-state index contributed by atoms with van der Waals surface area (Å²) in [6.07, 6.45) is 0.815. The van der Waals surface area contributed by atoms with Gasteiger partial charge in [0.05, 0.1) is 6.61 Å². The van der Waals surface area contributed by atoms with Crippen LogP contribution in [0.2, 0.25) is 0 Å². The lowest BCUT2D eigenvalue weighted by Crippen LogP contribution is -1.90. The number of thiophene rings is 1. The van der Waals surface area contributed by atoms with E-state index in [1.807, 2.05) is 29.8 Å². The van der Waals surface area contributed by atoms with Crippen LogP contribution in [-0.2, 0) is 0 Å². The molecule has 0 spiro atoms. The molecular formula is C13H14O2S. The maximum atomic E-state index is 10.2. The van der Waals surface area contributed by atoms with E-state index in [0.29, 0.717) is 12.2 Å². The molecule has 0 aliphatic rings. The van der Waals surface area contributed by atoms with E-state index in [1.54, 1.807) is 35.6 Å². The van der Waals surface area contributed by atoms with Gasteiger partial charge in [-0.25, -0.2) is 0 Å². The molecule has 2 rings (SSSR count). The molecule has 0 radical (unpaired) electrons. The highest BCUT2D eigenvalue weighted by Crippen LogP contribution is 2.10. The largest absolute Gasteiger partial charge is 0.494 e. The van der Waals surface area contributed by atoms with Crippen LogP contribution >= 0.6 is 11.3 Å². The lowest BCUT2D eigenvalue weighted by molar-refractivity contribution is 0.112. The van der Waals surface area contributed by atoms with E-state index in [-0.39, 0.29) is 0 Å². The molecule has 0 saturated heterocycles. The second-order valence-corrected chi connectivity index (χ2v) is 3.73. The van der Waals surface area contributed by atoms with Gasteiger partial charge < -0.3 is 4.74 Å². The van der Waals surface area contributed by atoms with Crippen molar-refractivity contribution in [2.75, 3.05) is 6.61 Å². The van der Waals surface area contributed by atoms with Gasteiger partial charge in [-0.1, -0.05) is 12.1 Å². The minimum absolute atomic E-state index is 0.653. The zero-order valence-corrected chi connectivity index (χ0v) is 9.94. The van der Waals surface area contributed by atoms with Crippen molar-refractivity contribution in [1.82, 2.24) is 0 Å². The maximum absolute atomic E-state index is 10.2. The number of benzene rings is 1. The monoisotopic (exact) mass is 234 g/mol. The Morgan fingerprint density at radius 2 is 1.81 bits per heavy atom. The van der Waals surface area contributed by atoms with Crippen molar-refractivity contribution in [2.24, 2.45) is 0 Å². The molecule has 3 heteroatoms. The fourth-order valence-electron chi connectivity index (χ4n) is 1.04. The third-order valence-electron chi connectivity index (χ3n) is 1.75. The van der Waals surface area contributed by atoms with Crippen molar-refractivity contribution in [3.8, 4) is 5.75 Å². The molecule has 0 atom stereocenters. The van der Waals surface area contributed by atoms with E-state index in [0.717, 1.165) is 12.0 Å². The molecule has 1 heterocycles. The first-order valence-electron chi connectivity index (χ1n) is 5.02. The molecule has 0 aliphatic heterocycles. The van der Waals surface area contributed by atoms with E-state index in [2.05, 4.69) is 0 Å². The third-order valence-corrected chi connectivity index (χ3v) is 2.38. The lowest BCUT2D eigenvalue weighted by atomic mass is 10.2. The molecule has 2 aromatic rings. The summed E-state index contributed by atoms with van der Waals surface area (Å²) in [5.74, 6) is 0.804. The topological polar surface area (TPSA) is 26.3 Å². The summed E-state index contributed by atoms with van der Waals surface area (Å²) >= 11 is 1.71. The predicted molar refractivity (Wildman–Crippen MR) is 67.3 cm³/mol. The van der Waals surface area contributed by atoms with Gasteiger partial charge in [0.15, 0.2) is 0 Å². The molecule has 16 heavy (non-hydrogen) atoms. The second kappa shape index (κ2) is 7.65. The van der Waals surface area contributed by atoms with Crippen LogP contribution in [0.1, 0.15) is 17.3 Å². The smallest absolute Gasteiger partial charge is 0.150 e. The summed E-state index contributed by atoms with van der Waals surface area (Å²) in [5, 5.41) is 4.08. The fraction of sp³-hybridized carbons (Fsp3) is 0.154. The first kappa shape index (κ1) is 12.5. The first-order chi connectivity index (χ1) is 7.86. The Labute approximate surface area is 99.5 Å². The molecular weight excluding hydrogens is 220 g/mol. The van der Waals surface area contributed by atoms with Crippen LogP contribution in [0, 0.1) is 0 Å². The maximum Gasteiger partial charge on any atom is 0.150 e. The molecule has 2 nitrogen and oxygen atoms in total. The molecule has 1 aromatic carbocycles. The normalized spacial score (nSPS) is 8.81. The van der Waals surface area contributed by atoms with E-state index >= 15 is 0 Å². The van der Waals surface area contributed by atoms with E-state index in [1.165, 1.54) is 0 Å². The molecule has 0 N–H and O–H groups in total. The van der Waals surface area contributed by atoms with Gasteiger partial charge in [0.25, 0.3) is 0 Å². The van der Waals surface area contributed by atoms with Crippen molar-refractivity contribution >= 4 is 17.6 Å². The lowest BCUT2D eigenvalue weighted by Gasteiger charge is -2.00. The van der Waals surface area contributed by atoms with Gasteiger partial charge in [-0.05, 0) is 41.9 Å². The van der Waals surface area contributed by atoms with Crippen LogP contribution in [0.3, 0.4) is 0 Å². The van der Waals surface area contributed by atoms with E-state index in [4.69, 9.17) is 4.74 Å². The Hall–Kier alpha value is -1.61. The standard InChI is InChI=1S/C9H10O2.C4H4S/c1-2-11-9-5-3-8(7-10)4-6-9;1-2-4-5-3-1/h3-7H,2H2,1H3;1-4H. The van der Waals surface area contributed by atoms with E-state index in [9.17, 15) is 4.79 Å². The first-order valence-corrected chi connectivity index (χ1v) is 5.96. The summed E-state index contributed by atoms with van der Waals surface area (Å²) in [6, 6.07) is 11.1. The number of carbonyl (C=O) groups is 1. The Morgan fingerprint density at radius 1 is 1.19 bits per heavy atom. The molecule has 0 amide bonds. The summed E-state index contributed by atoms with van der Waals surface area (Å²) < 4.78 is 5.19. The SMILES string of the molecule is CCOc1ccc(C=O)cc1.c1ccsc1. The van der Waals surface area contributed by atoms with Crippen LogP contribution in [0.4, 0.5) is 0 Å². The Morgan fingerprint density at radius 3 is 2.19 bits per heavy atom. The van der Waals surface area contributed by atoms with Crippen LogP contribution in [0.15, 0.2) is 47.2 Å². The number of carbonyl (C=O) groups excluding carboxylic acids is 1. The second-order valence-electron chi connectivity index (χ2n) is 2.91. The predicted octanol–water partition coefficient (Wildman–Crippen LogP) is 3.65. The van der Waals surface area contributed by atoms with Gasteiger partial charge in [0.1, 0.15) is 12.0 Å². The van der Waals surface area contributed by atoms with Crippen molar-refractivity contribution in [3.63, 3.8) is 0 Å².